The molecule has 20 N–H and O–H groups in total. The van der Waals surface area contributed by atoms with Crippen LogP contribution in [0.15, 0.2) is 46.4 Å². The van der Waals surface area contributed by atoms with Crippen LogP contribution in [0.4, 0.5) is 52.7 Å². The maximum Gasteiger partial charge on any atom is 0.490 e. The molecule has 0 saturated heterocycles. The van der Waals surface area contributed by atoms with Crippen LogP contribution in [0.1, 0.15) is 78.2 Å². The predicted molar refractivity (Wildman–Crippen MR) is 241 cm³/mol. The third kappa shape index (κ3) is 28.7. The number of carbonyl (C=O) groups is 10. The molecule has 4 amide bonds. The topological polar surface area (TPSA) is 481 Å². The minimum absolute atomic E-state index is 0.0382. The smallest absolute Gasteiger partial charge is 0.475 e. The molecule has 38 heteroatoms. The van der Waals surface area contributed by atoms with Crippen molar-refractivity contribution in [3.63, 3.8) is 0 Å². The van der Waals surface area contributed by atoms with Crippen LogP contribution in [0.25, 0.3) is 0 Å². The molecule has 0 bridgehead atoms. The largest absolute Gasteiger partial charge is 0.490 e. The molecular weight excluding hydrogens is 1100 g/mol. The van der Waals surface area contributed by atoms with Crippen LogP contribution in [-0.2, 0) is 28.8 Å². The van der Waals surface area contributed by atoms with Crippen LogP contribution in [-0.4, -0.2) is 167 Å². The lowest BCUT2D eigenvalue weighted by Crippen LogP contribution is -2.43. The van der Waals surface area contributed by atoms with Crippen molar-refractivity contribution in [2.45, 2.75) is 62.5 Å². The van der Waals surface area contributed by atoms with Gasteiger partial charge in [-0.15, -0.1) is 0 Å². The second-order valence-corrected chi connectivity index (χ2v) is 14.6. The monoisotopic (exact) mass is 1150 g/mol. The first-order chi connectivity index (χ1) is 35.6. The molecule has 0 aliphatic heterocycles. The van der Waals surface area contributed by atoms with Crippen LogP contribution in [0, 0.1) is 0 Å². The summed E-state index contributed by atoms with van der Waals surface area (Å²) in [5.74, 6) is -13.9. The number of nitrogens with one attached hydrogen (secondary N) is 4. The fourth-order valence-electron chi connectivity index (χ4n) is 4.92. The number of nitrogens with zero attached hydrogens (tertiary/aromatic N) is 2. The lowest BCUT2D eigenvalue weighted by atomic mass is 9.82. The van der Waals surface area contributed by atoms with Crippen molar-refractivity contribution < 1.29 is 121 Å². The Morgan fingerprint density at radius 1 is 0.449 bits per heavy atom. The zero-order chi connectivity index (χ0) is 61.1. The summed E-state index contributed by atoms with van der Waals surface area (Å²) in [7, 11) is 0. The summed E-state index contributed by atoms with van der Waals surface area (Å²) in [4.78, 5) is 120. The van der Waals surface area contributed by atoms with Gasteiger partial charge in [-0.05, 0) is 62.1 Å². The maximum atomic E-state index is 13.3. The zero-order valence-corrected chi connectivity index (χ0v) is 39.5. The van der Waals surface area contributed by atoms with Crippen LogP contribution < -0.4 is 55.7 Å². The minimum atomic E-state index is -5.08. The number of rotatable bonds is 18. The van der Waals surface area contributed by atoms with E-state index in [-0.39, 0.29) is 83.3 Å². The Morgan fingerprint density at radius 3 is 0.923 bits per heavy atom. The van der Waals surface area contributed by atoms with E-state index >= 15 is 0 Å². The molecule has 3 rings (SSSR count). The van der Waals surface area contributed by atoms with E-state index in [1.165, 1.54) is 36.4 Å². The minimum Gasteiger partial charge on any atom is -0.475 e. The van der Waals surface area contributed by atoms with E-state index in [1.54, 1.807) is 0 Å². The SMILES string of the molecule is NC(N)=NCCC[C@H](N)C(=O)NCCNC(=O)c1ccc2c(c1)C(=O)c1ccc(C(=O)NCCNC(=O)[C@@H](N)CCCN=C(N)N)cc1C2=O.O=C(O)C(F)(F)F.O=C(O)C(F)(F)F.O=C(O)C(F)(F)F.O=C(O)C(F)(F)F. The molecule has 2 atom stereocenters. The van der Waals surface area contributed by atoms with Crippen molar-refractivity contribution in [3.8, 4) is 0 Å². The molecule has 0 heterocycles. The van der Waals surface area contributed by atoms with Crippen molar-refractivity contribution >= 4 is 71.0 Å². The summed E-state index contributed by atoms with van der Waals surface area (Å²) in [6.07, 6.45) is -18.5. The number of fused-ring (bicyclic) bond motifs is 2. The van der Waals surface area contributed by atoms with Crippen molar-refractivity contribution in [3.05, 3.63) is 69.8 Å². The molecule has 1 aliphatic carbocycles. The second-order valence-electron chi connectivity index (χ2n) is 14.6. The van der Waals surface area contributed by atoms with Gasteiger partial charge in [-0.2, -0.15) is 52.7 Å². The van der Waals surface area contributed by atoms with E-state index in [2.05, 4.69) is 31.3 Å². The molecule has 436 valence electrons. The zero-order valence-electron chi connectivity index (χ0n) is 39.5. The number of aliphatic carboxylic acids is 4. The fraction of sp³-hybridized carbons (Fsp3) is 0.400. The molecule has 0 radical (unpaired) electrons. The molecule has 26 nitrogen and oxygen atoms in total. The van der Waals surface area contributed by atoms with Gasteiger partial charge in [0.25, 0.3) is 11.8 Å². The molecule has 78 heavy (non-hydrogen) atoms. The van der Waals surface area contributed by atoms with Crippen LogP contribution in [0.2, 0.25) is 0 Å². The molecule has 1 aliphatic rings. The Balaban J connectivity index is 0. The summed E-state index contributed by atoms with van der Waals surface area (Å²) < 4.78 is 127. The summed E-state index contributed by atoms with van der Waals surface area (Å²) >= 11 is 0. The Morgan fingerprint density at radius 2 is 0.692 bits per heavy atom. The van der Waals surface area contributed by atoms with Gasteiger partial charge < -0.3 is 76.1 Å². The number of nitrogens with two attached hydrogens (primary N) is 6. The highest BCUT2D eigenvalue weighted by Crippen LogP contribution is 2.29. The number of halogens is 12. The van der Waals surface area contributed by atoms with Gasteiger partial charge >= 0.3 is 48.6 Å². The van der Waals surface area contributed by atoms with E-state index < -0.39 is 84.0 Å². The van der Waals surface area contributed by atoms with Gasteiger partial charge in [-0.3, -0.25) is 38.8 Å². The molecule has 0 saturated carbocycles. The Labute approximate surface area is 429 Å². The number of aliphatic imine (C=N–C) groups is 2. The molecule has 2 aromatic rings. The molecule has 2 aromatic carbocycles. The van der Waals surface area contributed by atoms with Crippen LogP contribution >= 0.6 is 0 Å². The van der Waals surface area contributed by atoms with Gasteiger partial charge in [0.1, 0.15) is 0 Å². The molecular formula is C40H48F12N12O14. The van der Waals surface area contributed by atoms with Crippen molar-refractivity contribution in [2.75, 3.05) is 39.3 Å². The lowest BCUT2D eigenvalue weighted by molar-refractivity contribution is -0.193. The lowest BCUT2D eigenvalue weighted by Gasteiger charge is -2.19. The number of alkyl halides is 12. The number of carboxylic acids is 4. The van der Waals surface area contributed by atoms with Gasteiger partial charge in [-0.1, -0.05) is 0 Å². The summed E-state index contributed by atoms with van der Waals surface area (Å²) in [6.45, 7) is 1.11. The van der Waals surface area contributed by atoms with Crippen LogP contribution in [0.3, 0.4) is 0 Å². The Kier molecular flexibility index (Phi) is 29.7. The average Bonchev–Trinajstić information content (AvgIpc) is 3.32. The van der Waals surface area contributed by atoms with E-state index in [9.17, 15) is 81.5 Å². The predicted octanol–water partition coefficient (Wildman–Crippen LogP) is -0.551. The molecule has 0 spiro atoms. The van der Waals surface area contributed by atoms with Gasteiger partial charge in [0.05, 0.1) is 12.1 Å². The summed E-state index contributed by atoms with van der Waals surface area (Å²) in [5.41, 5.74) is 33.3. The number of guanidine groups is 2. The molecule has 0 aromatic heterocycles. The number of hydrogen-bond donors (Lipinski definition) is 14. The molecule has 0 unspecified atom stereocenters. The number of benzene rings is 2. The third-order valence-electron chi connectivity index (χ3n) is 8.54. The number of hydrogen-bond acceptors (Lipinski definition) is 14. The first kappa shape index (κ1) is 71.2. The van der Waals surface area contributed by atoms with Crippen LogP contribution in [0.5, 0.6) is 0 Å². The fourth-order valence-corrected chi connectivity index (χ4v) is 4.92. The van der Waals surface area contributed by atoms with E-state index in [0.717, 1.165) is 0 Å². The number of ketones is 2. The first-order valence-electron chi connectivity index (χ1n) is 20.9. The average molecular weight is 1150 g/mol. The van der Waals surface area contributed by atoms with E-state index in [4.69, 9.17) is 74.0 Å². The maximum absolute atomic E-state index is 13.3. The number of amides is 4. The standard InChI is InChI=1S/C32H44N12O6.4C2HF3O2/c33-23(3-1-9-43-31(35)36)29(49)41-13-11-39-27(47)17-5-7-19-21(15-17)25(45)20-8-6-18(16-22(20)26(19)46)28(48)40-12-14-42-30(50)24(34)4-2-10-44-32(37)38;4*3-2(4,5)1(6)7/h5-8,15-16,23-24H,1-4,9-14,33-34H2,(H,39,47)(H,40,48)(H,41,49)(H,42,50)(H4,35,36,43)(H4,37,38,44);4*(H,6,7)/t23-,24-;;;;/m0..../s1. The highest BCUT2D eigenvalue weighted by atomic mass is 19.4. The Bertz CT molecular complexity index is 2300. The van der Waals surface area contributed by atoms with Crippen molar-refractivity contribution in [1.82, 2.24) is 21.3 Å². The summed E-state index contributed by atoms with van der Waals surface area (Å²) in [5, 5.41) is 39.1. The van der Waals surface area contributed by atoms with Crippen molar-refractivity contribution in [2.24, 2.45) is 44.4 Å². The van der Waals surface area contributed by atoms with Gasteiger partial charge in [0.15, 0.2) is 23.5 Å². The number of carbonyl (C=O) groups excluding carboxylic acids is 6. The van der Waals surface area contributed by atoms with Crippen molar-refractivity contribution in [1.29, 1.82) is 0 Å². The number of carboxylic acid groups (broad SMARTS) is 4. The summed E-state index contributed by atoms with van der Waals surface area (Å²) in [6, 6.07) is 6.75. The van der Waals surface area contributed by atoms with Gasteiger partial charge in [-0.25, -0.2) is 19.2 Å². The quantitative estimate of drug-likeness (QED) is 0.0329. The highest BCUT2D eigenvalue weighted by molar-refractivity contribution is 6.29. The van der Waals surface area contributed by atoms with Gasteiger partial charge in [0.2, 0.25) is 11.8 Å². The van der Waals surface area contributed by atoms with Gasteiger partial charge in [0, 0.05) is 72.6 Å². The highest BCUT2D eigenvalue weighted by Gasteiger charge is 2.40. The third-order valence-corrected chi connectivity index (χ3v) is 8.54. The van der Waals surface area contributed by atoms with E-state index in [0.29, 0.717) is 38.8 Å². The normalized spacial score (nSPS) is 12.2. The van der Waals surface area contributed by atoms with E-state index in [1.807, 2.05) is 0 Å². The molecule has 0 fully saturated rings. The first-order valence-corrected chi connectivity index (χ1v) is 20.9. The second kappa shape index (κ2) is 32.6. The Hall–Kier alpha value is -8.84.